The Bertz CT molecular complexity index is 716. The van der Waals surface area contributed by atoms with Gasteiger partial charge in [-0.15, -0.1) is 0 Å². The average Bonchev–Trinajstić information content (AvgIpc) is 3.31. The summed E-state index contributed by atoms with van der Waals surface area (Å²) >= 11 is 1.58. The molecular weight excluding hydrogens is 408 g/mol. The highest BCUT2D eigenvalue weighted by molar-refractivity contribution is 7.99. The fraction of sp³-hybridized carbons (Fsp3) is 0.654. The highest BCUT2D eigenvalue weighted by Gasteiger charge is 2.23. The molecule has 0 aromatic heterocycles. The molecule has 2 rings (SSSR count). The van der Waals surface area contributed by atoms with E-state index in [4.69, 9.17) is 4.74 Å². The summed E-state index contributed by atoms with van der Waals surface area (Å²) in [4.78, 5) is 11.2. The van der Waals surface area contributed by atoms with Crippen molar-refractivity contribution in [1.29, 1.82) is 0 Å². The molecule has 0 saturated heterocycles. The number of hydrogen-bond donors (Lipinski definition) is 1. The third kappa shape index (κ3) is 9.58. The second-order valence-electron chi connectivity index (χ2n) is 8.18. The normalized spacial score (nSPS) is 14.7. The maximum Gasteiger partial charge on any atom is 0.306 e. The second kappa shape index (κ2) is 15.2. The van der Waals surface area contributed by atoms with E-state index in [-0.39, 0.29) is 5.97 Å². The van der Waals surface area contributed by atoms with Crippen LogP contribution in [0.15, 0.2) is 18.2 Å². The van der Waals surface area contributed by atoms with E-state index in [1.165, 1.54) is 51.2 Å². The fourth-order valence-corrected chi connectivity index (χ4v) is 4.87. The van der Waals surface area contributed by atoms with Gasteiger partial charge in [0, 0.05) is 24.3 Å². The lowest BCUT2D eigenvalue weighted by Crippen LogP contribution is -2.16. The van der Waals surface area contributed by atoms with E-state index in [1.807, 2.05) is 0 Å². The van der Waals surface area contributed by atoms with Crippen molar-refractivity contribution < 1.29 is 19.4 Å². The minimum absolute atomic E-state index is 0.210. The number of para-hydroxylation sites is 1. The molecular formula is C26H38O4S. The molecule has 0 heterocycles. The topological polar surface area (TPSA) is 55.8 Å². The number of aliphatic hydroxyl groups is 1. The van der Waals surface area contributed by atoms with Crippen LogP contribution in [0.3, 0.4) is 0 Å². The van der Waals surface area contributed by atoms with Crippen LogP contribution >= 0.6 is 11.8 Å². The van der Waals surface area contributed by atoms with Crippen molar-refractivity contribution in [2.24, 2.45) is 0 Å². The van der Waals surface area contributed by atoms with Gasteiger partial charge in [0.15, 0.2) is 0 Å². The third-order valence-corrected chi connectivity index (χ3v) is 6.80. The van der Waals surface area contributed by atoms with Crippen LogP contribution in [-0.2, 0) is 16.0 Å². The standard InChI is InChI=1S/C26H38O4S/c1-3-4-5-6-7-10-17-30-26-22(14-11-15-24(26)21-12-8-9-13-21)19-23(27)20-31-18-16-25(28)29-2/h11,14-15,21,23,27H,3-6,8-9,12-13,16-20H2,1-2H3. The molecule has 1 atom stereocenters. The molecule has 1 aromatic carbocycles. The first-order valence-corrected chi connectivity index (χ1v) is 12.8. The molecule has 0 amide bonds. The molecule has 31 heavy (non-hydrogen) atoms. The first kappa shape index (κ1) is 25.6. The number of thioether (sulfide) groups is 1. The summed E-state index contributed by atoms with van der Waals surface area (Å²) in [5.74, 6) is 8.89. The molecule has 1 unspecified atom stereocenters. The minimum Gasteiger partial charge on any atom is -0.480 e. The van der Waals surface area contributed by atoms with Crippen molar-refractivity contribution >= 4 is 17.7 Å². The Hall–Kier alpha value is -1.64. The number of carbonyl (C=O) groups excluding carboxylic acids is 1. The quantitative estimate of drug-likeness (QED) is 0.246. The number of unbranched alkanes of at least 4 members (excludes halogenated alkanes) is 3. The highest BCUT2D eigenvalue weighted by Crippen LogP contribution is 2.40. The molecule has 1 fully saturated rings. The number of methoxy groups -OCH3 is 1. The Morgan fingerprint density at radius 3 is 2.81 bits per heavy atom. The Labute approximate surface area is 192 Å². The predicted molar refractivity (Wildman–Crippen MR) is 129 cm³/mol. The molecule has 0 aliphatic heterocycles. The maximum atomic E-state index is 11.2. The van der Waals surface area contributed by atoms with Gasteiger partial charge in [0.2, 0.25) is 0 Å². The van der Waals surface area contributed by atoms with Crippen molar-refractivity contribution in [2.75, 3.05) is 25.2 Å². The monoisotopic (exact) mass is 446 g/mol. The zero-order valence-corrected chi connectivity index (χ0v) is 20.0. The molecule has 0 bridgehead atoms. The Balaban J connectivity index is 1.98. The van der Waals surface area contributed by atoms with Gasteiger partial charge in [-0.05, 0) is 36.3 Å². The summed E-state index contributed by atoms with van der Waals surface area (Å²) in [7, 11) is 1.40. The van der Waals surface area contributed by atoms with Crippen LogP contribution in [0.4, 0.5) is 0 Å². The average molecular weight is 447 g/mol. The zero-order chi connectivity index (χ0) is 22.3. The van der Waals surface area contributed by atoms with Crippen LogP contribution in [0.1, 0.15) is 81.8 Å². The van der Waals surface area contributed by atoms with E-state index in [0.29, 0.717) is 36.9 Å². The van der Waals surface area contributed by atoms with Gasteiger partial charge in [-0.3, -0.25) is 4.79 Å². The molecule has 1 N–H and O–H groups in total. The number of aliphatic hydroxyl groups excluding tert-OH is 1. The lowest BCUT2D eigenvalue weighted by atomic mass is 9.93. The smallest absolute Gasteiger partial charge is 0.306 e. The van der Waals surface area contributed by atoms with Crippen molar-refractivity contribution in [3.8, 4) is 17.6 Å². The van der Waals surface area contributed by atoms with E-state index >= 15 is 0 Å². The van der Waals surface area contributed by atoms with Gasteiger partial charge in [0.05, 0.1) is 19.6 Å². The molecule has 172 valence electrons. The highest BCUT2D eigenvalue weighted by atomic mass is 32.2. The third-order valence-electron chi connectivity index (χ3n) is 5.69. The number of carbonyl (C=O) groups is 1. The van der Waals surface area contributed by atoms with Gasteiger partial charge in [-0.25, -0.2) is 0 Å². The predicted octanol–water partition coefficient (Wildman–Crippen LogP) is 5.51. The van der Waals surface area contributed by atoms with Crippen LogP contribution in [-0.4, -0.2) is 42.4 Å². The van der Waals surface area contributed by atoms with Gasteiger partial charge in [0.25, 0.3) is 0 Å². The lowest BCUT2D eigenvalue weighted by Gasteiger charge is -2.20. The van der Waals surface area contributed by atoms with Crippen molar-refractivity contribution in [1.82, 2.24) is 0 Å². The Kier molecular flexibility index (Phi) is 12.6. The number of benzene rings is 1. The van der Waals surface area contributed by atoms with E-state index in [0.717, 1.165) is 24.2 Å². The molecule has 1 aliphatic rings. The summed E-state index contributed by atoms with van der Waals surface area (Å²) in [5.41, 5.74) is 2.33. The molecule has 5 heteroatoms. The molecule has 1 aliphatic carbocycles. The van der Waals surface area contributed by atoms with Gasteiger partial charge >= 0.3 is 5.97 Å². The first-order chi connectivity index (χ1) is 15.2. The Morgan fingerprint density at radius 2 is 2.06 bits per heavy atom. The maximum absolute atomic E-state index is 11.2. The van der Waals surface area contributed by atoms with Crippen LogP contribution in [0.2, 0.25) is 0 Å². The number of esters is 1. The van der Waals surface area contributed by atoms with E-state index in [2.05, 4.69) is 41.7 Å². The molecule has 0 spiro atoms. The molecule has 4 nitrogen and oxygen atoms in total. The van der Waals surface area contributed by atoms with E-state index in [1.54, 1.807) is 11.8 Å². The first-order valence-electron chi connectivity index (χ1n) is 11.7. The van der Waals surface area contributed by atoms with Crippen molar-refractivity contribution in [3.05, 3.63) is 29.3 Å². The molecule has 0 radical (unpaired) electrons. The summed E-state index contributed by atoms with van der Waals surface area (Å²) in [6, 6.07) is 6.33. The van der Waals surface area contributed by atoms with Crippen molar-refractivity contribution in [2.45, 2.75) is 83.2 Å². The van der Waals surface area contributed by atoms with Crippen LogP contribution in [0, 0.1) is 11.8 Å². The van der Waals surface area contributed by atoms with E-state index in [9.17, 15) is 9.90 Å². The minimum atomic E-state index is -0.482. The SMILES string of the molecule is CCCCCC#CCOc1c(CC(O)CSCCC(=O)OC)cccc1C1CCCC1. The van der Waals surface area contributed by atoms with Gasteiger partial charge < -0.3 is 14.6 Å². The molecule has 1 saturated carbocycles. The van der Waals surface area contributed by atoms with Crippen LogP contribution < -0.4 is 4.74 Å². The Morgan fingerprint density at radius 1 is 1.26 bits per heavy atom. The van der Waals surface area contributed by atoms with Gasteiger partial charge in [-0.2, -0.15) is 11.8 Å². The van der Waals surface area contributed by atoms with Crippen LogP contribution in [0.25, 0.3) is 0 Å². The number of hydrogen-bond acceptors (Lipinski definition) is 5. The van der Waals surface area contributed by atoms with Gasteiger partial charge in [0.1, 0.15) is 12.4 Å². The summed E-state index contributed by atoms with van der Waals surface area (Å²) < 4.78 is 10.9. The molecule has 1 aromatic rings. The summed E-state index contributed by atoms with van der Waals surface area (Å²) in [6.45, 7) is 2.59. The van der Waals surface area contributed by atoms with Gasteiger partial charge in [-0.1, -0.05) is 62.6 Å². The number of ether oxygens (including phenoxy) is 2. The second-order valence-corrected chi connectivity index (χ2v) is 9.33. The zero-order valence-electron chi connectivity index (χ0n) is 19.2. The van der Waals surface area contributed by atoms with Crippen LogP contribution in [0.5, 0.6) is 5.75 Å². The lowest BCUT2D eigenvalue weighted by molar-refractivity contribution is -0.140. The summed E-state index contributed by atoms with van der Waals surface area (Å²) in [5, 5.41) is 10.6. The largest absolute Gasteiger partial charge is 0.480 e. The van der Waals surface area contributed by atoms with E-state index < -0.39 is 6.10 Å². The summed E-state index contributed by atoms with van der Waals surface area (Å²) in [6.07, 6.45) is 9.88. The fourth-order valence-electron chi connectivity index (χ4n) is 4.00. The number of rotatable bonds is 13. The van der Waals surface area contributed by atoms with Crippen molar-refractivity contribution in [3.63, 3.8) is 0 Å².